The van der Waals surface area contributed by atoms with Crippen LogP contribution in [-0.2, 0) is 23.8 Å². The van der Waals surface area contributed by atoms with Crippen molar-refractivity contribution in [1.29, 1.82) is 0 Å². The molecule has 0 bridgehead atoms. The molecule has 0 amide bonds. The SMILES string of the molecule is CC/C=C\C/C=C\C/C=C\CCCCCCCCCCOCC(COC(=O)CCCCCCCCC/C=C\CCCCCCCC)OC(=O)CCCCCCC/C=C\CCCCCC. The first-order chi connectivity index (χ1) is 31.6. The minimum absolute atomic E-state index is 0.0773. The van der Waals surface area contributed by atoms with Crippen LogP contribution in [0.3, 0.4) is 0 Å². The molecule has 0 aromatic rings. The lowest BCUT2D eigenvalue weighted by Gasteiger charge is -2.18. The fourth-order valence-electron chi connectivity index (χ4n) is 7.87. The predicted octanol–water partition coefficient (Wildman–Crippen LogP) is 18.9. The number of hydrogen-bond acceptors (Lipinski definition) is 5. The second-order valence-electron chi connectivity index (χ2n) is 18.4. The summed E-state index contributed by atoms with van der Waals surface area (Å²) in [5.74, 6) is -0.408. The Morgan fingerprint density at radius 1 is 0.359 bits per heavy atom. The van der Waals surface area contributed by atoms with Gasteiger partial charge in [0.25, 0.3) is 0 Å². The molecule has 0 spiro atoms. The Kier molecular flexibility index (Phi) is 52.9. The van der Waals surface area contributed by atoms with Crippen LogP contribution in [0, 0.1) is 0 Å². The van der Waals surface area contributed by atoms with Gasteiger partial charge in [0.05, 0.1) is 6.61 Å². The van der Waals surface area contributed by atoms with Gasteiger partial charge in [-0.25, -0.2) is 0 Å². The summed E-state index contributed by atoms with van der Waals surface area (Å²) in [5, 5.41) is 0. The highest BCUT2D eigenvalue weighted by atomic mass is 16.6. The van der Waals surface area contributed by atoms with Gasteiger partial charge in [-0.05, 0) is 103 Å². The van der Waals surface area contributed by atoms with Crippen LogP contribution in [0.1, 0.15) is 278 Å². The zero-order valence-electron chi connectivity index (χ0n) is 42.8. The van der Waals surface area contributed by atoms with E-state index in [1.807, 2.05) is 0 Å². The molecule has 0 aliphatic carbocycles. The van der Waals surface area contributed by atoms with E-state index in [4.69, 9.17) is 14.2 Å². The summed E-state index contributed by atoms with van der Waals surface area (Å²) in [5.41, 5.74) is 0. The summed E-state index contributed by atoms with van der Waals surface area (Å²) >= 11 is 0. The van der Waals surface area contributed by atoms with Crippen molar-refractivity contribution in [1.82, 2.24) is 0 Å². The maximum Gasteiger partial charge on any atom is 0.306 e. The van der Waals surface area contributed by atoms with E-state index in [1.54, 1.807) is 0 Å². The van der Waals surface area contributed by atoms with E-state index in [-0.39, 0.29) is 25.2 Å². The van der Waals surface area contributed by atoms with E-state index in [1.165, 1.54) is 173 Å². The zero-order valence-corrected chi connectivity index (χ0v) is 42.8. The van der Waals surface area contributed by atoms with Gasteiger partial charge in [-0.15, -0.1) is 0 Å². The lowest BCUT2D eigenvalue weighted by molar-refractivity contribution is -0.163. The highest BCUT2D eigenvalue weighted by Gasteiger charge is 2.17. The molecule has 0 saturated carbocycles. The highest BCUT2D eigenvalue weighted by Crippen LogP contribution is 2.15. The van der Waals surface area contributed by atoms with Crippen molar-refractivity contribution in [2.24, 2.45) is 0 Å². The van der Waals surface area contributed by atoms with E-state index in [0.29, 0.717) is 19.4 Å². The van der Waals surface area contributed by atoms with Crippen LogP contribution in [0.4, 0.5) is 0 Å². The average molecular weight is 895 g/mol. The van der Waals surface area contributed by atoms with Gasteiger partial charge in [0.1, 0.15) is 6.61 Å². The first kappa shape index (κ1) is 61.6. The number of ether oxygens (including phenoxy) is 3. The molecule has 0 rings (SSSR count). The van der Waals surface area contributed by atoms with Gasteiger partial charge in [-0.2, -0.15) is 0 Å². The second-order valence-corrected chi connectivity index (χ2v) is 18.4. The fourth-order valence-corrected chi connectivity index (χ4v) is 7.87. The van der Waals surface area contributed by atoms with Crippen LogP contribution >= 0.6 is 0 Å². The third kappa shape index (κ3) is 52.2. The van der Waals surface area contributed by atoms with Crippen molar-refractivity contribution in [3.8, 4) is 0 Å². The molecule has 0 aliphatic rings. The van der Waals surface area contributed by atoms with E-state index in [2.05, 4.69) is 81.5 Å². The molecule has 0 aromatic carbocycles. The molecule has 0 radical (unpaired) electrons. The molecule has 372 valence electrons. The van der Waals surface area contributed by atoms with Crippen LogP contribution < -0.4 is 0 Å². The Morgan fingerprint density at radius 3 is 1.16 bits per heavy atom. The molecule has 0 N–H and O–H groups in total. The summed E-state index contributed by atoms with van der Waals surface area (Å²) in [6.45, 7) is 7.70. The minimum atomic E-state index is -0.546. The molecule has 0 saturated heterocycles. The van der Waals surface area contributed by atoms with Crippen LogP contribution in [0.25, 0.3) is 0 Å². The number of carbonyl (C=O) groups excluding carboxylic acids is 2. The largest absolute Gasteiger partial charge is 0.462 e. The third-order valence-corrected chi connectivity index (χ3v) is 12.0. The summed E-state index contributed by atoms with van der Waals surface area (Å²) in [4.78, 5) is 25.5. The van der Waals surface area contributed by atoms with Crippen molar-refractivity contribution in [2.75, 3.05) is 19.8 Å². The lowest BCUT2D eigenvalue weighted by Crippen LogP contribution is -2.30. The number of rotatable bonds is 51. The summed E-state index contributed by atoms with van der Waals surface area (Å²) in [6.07, 6.45) is 69.5. The lowest BCUT2D eigenvalue weighted by atomic mass is 10.1. The standard InChI is InChI=1S/C59H106O5/c1-4-7-10-13-16-19-22-25-27-29-31-33-36-39-42-45-48-51-54-62-55-57(64-59(61)53-50-47-44-41-38-34-24-21-18-15-12-9-6-3)56-63-58(60)52-49-46-43-40-37-35-32-30-28-26-23-20-17-14-11-8-5-2/h7,10,16,19,21,24-28,57H,4-6,8-9,11-15,17-18,20,22-23,29-56H2,1-3H3/b10-7-,19-16-,24-21-,27-25-,28-26-. The van der Waals surface area contributed by atoms with Gasteiger partial charge in [-0.3, -0.25) is 9.59 Å². The van der Waals surface area contributed by atoms with Gasteiger partial charge < -0.3 is 14.2 Å². The Morgan fingerprint density at radius 2 is 0.703 bits per heavy atom. The number of esters is 2. The van der Waals surface area contributed by atoms with Crippen molar-refractivity contribution in [2.45, 2.75) is 284 Å². The first-order valence-corrected chi connectivity index (χ1v) is 27.8. The molecule has 1 unspecified atom stereocenters. The third-order valence-electron chi connectivity index (χ3n) is 12.0. The second kappa shape index (κ2) is 54.9. The molecule has 5 heteroatoms. The van der Waals surface area contributed by atoms with Gasteiger partial charge in [0.15, 0.2) is 6.10 Å². The van der Waals surface area contributed by atoms with Gasteiger partial charge in [-0.1, -0.05) is 223 Å². The molecule has 0 aromatic heterocycles. The Hall–Kier alpha value is -2.40. The number of carbonyl (C=O) groups is 2. The molecule has 1 atom stereocenters. The maximum absolute atomic E-state index is 12.8. The first-order valence-electron chi connectivity index (χ1n) is 27.8. The smallest absolute Gasteiger partial charge is 0.306 e. The Labute approximate surface area is 398 Å². The van der Waals surface area contributed by atoms with Crippen LogP contribution in [0.15, 0.2) is 60.8 Å². The highest BCUT2D eigenvalue weighted by molar-refractivity contribution is 5.70. The molecular formula is C59H106O5. The zero-order chi connectivity index (χ0) is 46.3. The van der Waals surface area contributed by atoms with Crippen LogP contribution in [0.2, 0.25) is 0 Å². The van der Waals surface area contributed by atoms with Gasteiger partial charge >= 0.3 is 11.9 Å². The van der Waals surface area contributed by atoms with E-state index in [0.717, 1.165) is 70.6 Å². The van der Waals surface area contributed by atoms with Gasteiger partial charge in [0, 0.05) is 19.4 Å². The van der Waals surface area contributed by atoms with E-state index < -0.39 is 6.10 Å². The van der Waals surface area contributed by atoms with Crippen molar-refractivity contribution in [3.63, 3.8) is 0 Å². The molecule has 0 heterocycles. The number of unbranched alkanes of at least 4 members (excludes halogenated alkanes) is 30. The topological polar surface area (TPSA) is 61.8 Å². The van der Waals surface area contributed by atoms with Crippen molar-refractivity contribution in [3.05, 3.63) is 60.8 Å². The summed E-state index contributed by atoms with van der Waals surface area (Å²) in [7, 11) is 0. The Bertz CT molecular complexity index is 1100. The van der Waals surface area contributed by atoms with Crippen LogP contribution in [-0.4, -0.2) is 37.9 Å². The monoisotopic (exact) mass is 895 g/mol. The van der Waals surface area contributed by atoms with Crippen molar-refractivity contribution >= 4 is 11.9 Å². The van der Waals surface area contributed by atoms with E-state index >= 15 is 0 Å². The molecule has 64 heavy (non-hydrogen) atoms. The fraction of sp³-hybridized carbons (Fsp3) is 0.797. The summed E-state index contributed by atoms with van der Waals surface area (Å²) in [6, 6.07) is 0. The van der Waals surface area contributed by atoms with Gasteiger partial charge in [0.2, 0.25) is 0 Å². The van der Waals surface area contributed by atoms with Crippen molar-refractivity contribution < 1.29 is 23.8 Å². The normalized spacial score (nSPS) is 12.6. The molecule has 0 fully saturated rings. The minimum Gasteiger partial charge on any atom is -0.462 e. The van der Waals surface area contributed by atoms with Crippen LogP contribution in [0.5, 0.6) is 0 Å². The quantitative estimate of drug-likeness (QED) is 0.0346. The number of hydrogen-bond donors (Lipinski definition) is 0. The number of allylic oxidation sites excluding steroid dienone is 10. The molecular weight excluding hydrogens is 789 g/mol. The molecule has 5 nitrogen and oxygen atoms in total. The molecule has 0 aliphatic heterocycles. The van der Waals surface area contributed by atoms with E-state index in [9.17, 15) is 9.59 Å². The predicted molar refractivity (Wildman–Crippen MR) is 279 cm³/mol. The summed E-state index contributed by atoms with van der Waals surface area (Å²) < 4.78 is 17.4. The average Bonchev–Trinajstić information content (AvgIpc) is 3.30. The Balaban J connectivity index is 4.26. The maximum atomic E-state index is 12.8.